The average Bonchev–Trinajstić information content (AvgIpc) is 2.44. The van der Waals surface area contributed by atoms with Gasteiger partial charge in [-0.2, -0.15) is 0 Å². The molecule has 1 heterocycles. The minimum absolute atomic E-state index is 0.151. The van der Waals surface area contributed by atoms with E-state index in [0.29, 0.717) is 5.92 Å². The van der Waals surface area contributed by atoms with E-state index in [2.05, 4.69) is 25.9 Å². The molecule has 3 heteroatoms. The quantitative estimate of drug-likeness (QED) is 0.842. The lowest BCUT2D eigenvalue weighted by molar-refractivity contribution is 0.342. The van der Waals surface area contributed by atoms with Crippen molar-refractivity contribution in [3.63, 3.8) is 0 Å². The third-order valence-corrected chi connectivity index (χ3v) is 2.77. The summed E-state index contributed by atoms with van der Waals surface area (Å²) in [4.78, 5) is 12.3. The lowest BCUT2D eigenvalue weighted by Gasteiger charge is -2.19. The van der Waals surface area contributed by atoms with Gasteiger partial charge in [-0.3, -0.25) is 9.89 Å². The number of rotatable bonds is 3. The number of aromatic nitrogens is 2. The van der Waals surface area contributed by atoms with Crippen LogP contribution in [0.3, 0.4) is 0 Å². The summed E-state index contributed by atoms with van der Waals surface area (Å²) in [5.41, 5.74) is 2.04. The summed E-state index contributed by atoms with van der Waals surface area (Å²) in [5.74, 6) is 0.373. The number of hydrogen-bond donors (Lipinski definition) is 1. The van der Waals surface area contributed by atoms with Gasteiger partial charge in [-0.05, 0) is 33.1 Å². The molecule has 0 atom stereocenters. The highest BCUT2D eigenvalue weighted by atomic mass is 16.1. The summed E-state index contributed by atoms with van der Waals surface area (Å²) in [6, 6.07) is 0. The second-order valence-electron chi connectivity index (χ2n) is 5.72. The summed E-state index contributed by atoms with van der Waals surface area (Å²) in [6.07, 6.45) is 1.88. The van der Waals surface area contributed by atoms with E-state index in [0.717, 1.165) is 24.1 Å². The Morgan fingerprint density at radius 2 is 1.88 bits per heavy atom. The number of H-pyrrole nitrogens is 1. The largest absolute Gasteiger partial charge is 0.299 e. The Morgan fingerprint density at radius 1 is 1.31 bits per heavy atom. The van der Waals surface area contributed by atoms with Crippen LogP contribution in [0.5, 0.6) is 0 Å². The molecule has 0 aliphatic heterocycles. The second kappa shape index (κ2) is 4.48. The fraction of sp³-hybridized carbons (Fsp3) is 0.769. The van der Waals surface area contributed by atoms with Crippen LogP contribution in [0.1, 0.15) is 65.1 Å². The molecular formula is C13H24N2O. The molecule has 0 radical (unpaired) electrons. The van der Waals surface area contributed by atoms with Gasteiger partial charge in [0.25, 0.3) is 5.56 Å². The van der Waals surface area contributed by atoms with E-state index >= 15 is 0 Å². The summed E-state index contributed by atoms with van der Waals surface area (Å²) in [5, 5.41) is 3.28. The summed E-state index contributed by atoms with van der Waals surface area (Å²) >= 11 is 0. The third-order valence-electron chi connectivity index (χ3n) is 2.77. The molecule has 0 saturated heterocycles. The molecule has 1 N–H and O–H groups in total. The highest BCUT2D eigenvalue weighted by Crippen LogP contribution is 2.19. The molecule has 0 fully saturated rings. The summed E-state index contributed by atoms with van der Waals surface area (Å²) in [7, 11) is 0. The lowest BCUT2D eigenvalue weighted by Crippen LogP contribution is -2.33. The van der Waals surface area contributed by atoms with E-state index in [9.17, 15) is 4.79 Å². The fourth-order valence-corrected chi connectivity index (χ4v) is 1.93. The van der Waals surface area contributed by atoms with Crippen LogP contribution in [0.2, 0.25) is 0 Å². The molecule has 0 aliphatic rings. The van der Waals surface area contributed by atoms with Crippen molar-refractivity contribution in [1.29, 1.82) is 0 Å². The molecule has 16 heavy (non-hydrogen) atoms. The highest BCUT2D eigenvalue weighted by Gasteiger charge is 2.22. The molecule has 0 aliphatic carbocycles. The first-order chi connectivity index (χ1) is 7.29. The van der Waals surface area contributed by atoms with Gasteiger partial charge >= 0.3 is 0 Å². The molecule has 1 aromatic heterocycles. The van der Waals surface area contributed by atoms with Crippen molar-refractivity contribution in [1.82, 2.24) is 9.78 Å². The predicted octanol–water partition coefficient (Wildman–Crippen LogP) is 3.01. The van der Waals surface area contributed by atoms with Crippen LogP contribution in [-0.2, 0) is 12.0 Å². The zero-order valence-electron chi connectivity index (χ0n) is 11.3. The number of nitrogens with zero attached hydrogens (tertiary/aromatic N) is 1. The number of nitrogens with one attached hydrogen (secondary N) is 1. The Labute approximate surface area is 97.8 Å². The van der Waals surface area contributed by atoms with Crippen molar-refractivity contribution < 1.29 is 0 Å². The van der Waals surface area contributed by atoms with Gasteiger partial charge in [-0.25, -0.2) is 4.68 Å². The van der Waals surface area contributed by atoms with Crippen LogP contribution in [0.25, 0.3) is 0 Å². The minimum Gasteiger partial charge on any atom is -0.299 e. The maximum atomic E-state index is 12.3. The van der Waals surface area contributed by atoms with Gasteiger partial charge in [-0.1, -0.05) is 27.2 Å². The van der Waals surface area contributed by atoms with Crippen molar-refractivity contribution in [2.75, 3.05) is 0 Å². The molecule has 92 valence electrons. The van der Waals surface area contributed by atoms with Crippen LogP contribution in [-0.4, -0.2) is 9.78 Å². The van der Waals surface area contributed by atoms with Gasteiger partial charge in [0.05, 0.1) is 5.54 Å². The van der Waals surface area contributed by atoms with E-state index in [1.54, 1.807) is 4.68 Å². The standard InChI is InChI=1S/C13H24N2O/c1-7-8-10-11(9(2)3)14-15(12(10)16)13(4,5)6/h9,14H,7-8H2,1-6H3. The average molecular weight is 224 g/mol. The molecule has 0 amide bonds. The maximum Gasteiger partial charge on any atom is 0.270 e. The SMILES string of the molecule is CCCc1c(C(C)C)[nH]n(C(C)(C)C)c1=O. The lowest BCUT2D eigenvalue weighted by atomic mass is 10.0. The number of hydrogen-bond acceptors (Lipinski definition) is 1. The normalized spacial score (nSPS) is 12.4. The number of aromatic amines is 1. The molecule has 1 rings (SSSR count). The van der Waals surface area contributed by atoms with Crippen LogP contribution in [0, 0.1) is 0 Å². The molecule has 3 nitrogen and oxygen atoms in total. The smallest absolute Gasteiger partial charge is 0.270 e. The van der Waals surface area contributed by atoms with E-state index in [1.165, 1.54) is 0 Å². The first-order valence-electron chi connectivity index (χ1n) is 6.13. The molecule has 1 aromatic rings. The van der Waals surface area contributed by atoms with Crippen LogP contribution in [0.15, 0.2) is 4.79 Å². The molecule has 0 bridgehead atoms. The summed E-state index contributed by atoms with van der Waals surface area (Å²) in [6.45, 7) is 12.5. The highest BCUT2D eigenvalue weighted by molar-refractivity contribution is 5.21. The van der Waals surface area contributed by atoms with Crippen molar-refractivity contribution in [3.05, 3.63) is 21.6 Å². The van der Waals surface area contributed by atoms with Gasteiger partial charge in [0.2, 0.25) is 0 Å². The Bertz CT molecular complexity index is 405. The first-order valence-corrected chi connectivity index (χ1v) is 6.13. The monoisotopic (exact) mass is 224 g/mol. The van der Waals surface area contributed by atoms with Crippen LogP contribution in [0.4, 0.5) is 0 Å². The minimum atomic E-state index is -0.174. The van der Waals surface area contributed by atoms with Gasteiger partial charge in [-0.15, -0.1) is 0 Å². The van der Waals surface area contributed by atoms with E-state index in [4.69, 9.17) is 0 Å². The Hall–Kier alpha value is -0.990. The molecule has 0 unspecified atom stereocenters. The topological polar surface area (TPSA) is 37.8 Å². The van der Waals surface area contributed by atoms with Gasteiger partial charge in [0.15, 0.2) is 0 Å². The van der Waals surface area contributed by atoms with E-state index < -0.39 is 0 Å². The fourth-order valence-electron chi connectivity index (χ4n) is 1.93. The second-order valence-corrected chi connectivity index (χ2v) is 5.72. The van der Waals surface area contributed by atoms with Gasteiger partial charge in [0, 0.05) is 11.3 Å². The molecular weight excluding hydrogens is 200 g/mol. The zero-order valence-corrected chi connectivity index (χ0v) is 11.3. The van der Waals surface area contributed by atoms with E-state index in [1.807, 2.05) is 20.8 Å². The van der Waals surface area contributed by atoms with Crippen LogP contribution < -0.4 is 5.56 Å². The first kappa shape index (κ1) is 13.1. The molecule has 0 saturated carbocycles. The van der Waals surface area contributed by atoms with Gasteiger partial charge < -0.3 is 0 Å². The molecule has 0 aromatic carbocycles. The Balaban J connectivity index is 3.36. The predicted molar refractivity (Wildman–Crippen MR) is 68.1 cm³/mol. The van der Waals surface area contributed by atoms with Crippen molar-refractivity contribution in [2.45, 2.75) is 65.8 Å². The Kier molecular flexibility index (Phi) is 3.66. The Morgan fingerprint density at radius 3 is 2.25 bits per heavy atom. The molecule has 0 spiro atoms. The van der Waals surface area contributed by atoms with Crippen molar-refractivity contribution in [3.8, 4) is 0 Å². The zero-order chi connectivity index (χ0) is 12.5. The van der Waals surface area contributed by atoms with Crippen LogP contribution >= 0.6 is 0 Å². The third kappa shape index (κ3) is 2.39. The summed E-state index contributed by atoms with van der Waals surface area (Å²) < 4.78 is 1.76. The van der Waals surface area contributed by atoms with E-state index in [-0.39, 0.29) is 11.1 Å². The van der Waals surface area contributed by atoms with Crippen molar-refractivity contribution >= 4 is 0 Å². The van der Waals surface area contributed by atoms with Gasteiger partial charge in [0.1, 0.15) is 0 Å². The van der Waals surface area contributed by atoms with Crippen molar-refractivity contribution in [2.24, 2.45) is 0 Å². The maximum absolute atomic E-state index is 12.3.